The lowest BCUT2D eigenvalue weighted by Gasteiger charge is -2.14. The van der Waals surface area contributed by atoms with Crippen molar-refractivity contribution >= 4 is 22.9 Å². The van der Waals surface area contributed by atoms with Gasteiger partial charge in [0.1, 0.15) is 0 Å². The molecule has 1 aromatic heterocycles. The van der Waals surface area contributed by atoms with Crippen LogP contribution in [0.2, 0.25) is 5.02 Å². The molecule has 0 radical (unpaired) electrons. The van der Waals surface area contributed by atoms with E-state index in [-0.39, 0.29) is 0 Å². The molecule has 0 aliphatic heterocycles. The average molecular weight is 216 g/mol. The van der Waals surface area contributed by atoms with E-state index >= 15 is 0 Å². The van der Waals surface area contributed by atoms with Gasteiger partial charge in [-0.3, -0.25) is 0 Å². The number of hydrogen-bond donors (Lipinski definition) is 1. The van der Waals surface area contributed by atoms with Gasteiger partial charge in [-0.15, -0.1) is 11.3 Å². The van der Waals surface area contributed by atoms with Crippen LogP contribution in [0.25, 0.3) is 0 Å². The van der Waals surface area contributed by atoms with Gasteiger partial charge in [-0.25, -0.2) is 0 Å². The number of thiophene rings is 1. The Morgan fingerprint density at radius 3 is 2.92 bits per heavy atom. The topological polar surface area (TPSA) is 12.0 Å². The van der Waals surface area contributed by atoms with Crippen LogP contribution in [0, 0.1) is 5.92 Å². The van der Waals surface area contributed by atoms with E-state index in [1.165, 1.54) is 24.1 Å². The van der Waals surface area contributed by atoms with Crippen molar-refractivity contribution in [3.05, 3.63) is 21.3 Å². The fraction of sp³-hybridized carbons (Fsp3) is 0.600. The molecule has 1 aliphatic rings. The average Bonchev–Trinajstić information content (AvgIpc) is 2.85. The Balaban J connectivity index is 2.06. The quantitative estimate of drug-likeness (QED) is 0.811. The molecule has 1 nitrogen and oxygen atoms in total. The van der Waals surface area contributed by atoms with E-state index in [1.807, 2.05) is 13.1 Å². The summed E-state index contributed by atoms with van der Waals surface area (Å²) in [5.74, 6) is 0.940. The predicted molar refractivity (Wildman–Crippen MR) is 58.5 cm³/mol. The molecule has 0 bridgehead atoms. The van der Waals surface area contributed by atoms with Crippen LogP contribution in [0.3, 0.4) is 0 Å². The lowest BCUT2D eigenvalue weighted by atomic mass is 10.1. The lowest BCUT2D eigenvalue weighted by Crippen LogP contribution is -2.15. The van der Waals surface area contributed by atoms with Gasteiger partial charge in [-0.05, 0) is 30.8 Å². The van der Waals surface area contributed by atoms with E-state index in [0.29, 0.717) is 6.04 Å². The largest absolute Gasteiger partial charge is 0.312 e. The number of nitrogens with one attached hydrogen (secondary N) is 1. The second-order valence-electron chi connectivity index (χ2n) is 3.65. The first-order chi connectivity index (χ1) is 6.31. The first-order valence-electron chi connectivity index (χ1n) is 4.71. The zero-order valence-corrected chi connectivity index (χ0v) is 9.29. The second-order valence-corrected chi connectivity index (χ2v) is 5.01. The van der Waals surface area contributed by atoms with E-state index in [0.717, 1.165) is 10.9 Å². The summed E-state index contributed by atoms with van der Waals surface area (Å²) in [6.07, 6.45) is 4.05. The molecule has 1 N–H and O–H groups in total. The van der Waals surface area contributed by atoms with Crippen molar-refractivity contribution in [1.82, 2.24) is 5.32 Å². The molecular weight excluding hydrogens is 202 g/mol. The molecule has 3 heteroatoms. The second kappa shape index (κ2) is 3.99. The highest BCUT2D eigenvalue weighted by molar-refractivity contribution is 7.10. The maximum absolute atomic E-state index is 6.09. The Morgan fingerprint density at radius 1 is 1.69 bits per heavy atom. The van der Waals surface area contributed by atoms with Gasteiger partial charge >= 0.3 is 0 Å². The van der Waals surface area contributed by atoms with Gasteiger partial charge in [-0.2, -0.15) is 0 Å². The fourth-order valence-corrected chi connectivity index (χ4v) is 2.91. The van der Waals surface area contributed by atoms with E-state index in [1.54, 1.807) is 11.3 Å². The molecule has 1 unspecified atom stereocenters. The van der Waals surface area contributed by atoms with Gasteiger partial charge in [0, 0.05) is 10.9 Å². The van der Waals surface area contributed by atoms with Crippen LogP contribution in [-0.4, -0.2) is 7.05 Å². The monoisotopic (exact) mass is 215 g/mol. The number of hydrogen-bond acceptors (Lipinski definition) is 2. The molecule has 0 saturated heterocycles. The first kappa shape index (κ1) is 9.50. The third kappa shape index (κ3) is 2.25. The third-order valence-corrected chi connectivity index (χ3v) is 4.05. The highest BCUT2D eigenvalue weighted by atomic mass is 35.5. The minimum Gasteiger partial charge on any atom is -0.312 e. The molecule has 1 fully saturated rings. The van der Waals surface area contributed by atoms with Crippen LogP contribution in [0.1, 0.15) is 30.2 Å². The van der Waals surface area contributed by atoms with Gasteiger partial charge in [0.05, 0.1) is 5.02 Å². The zero-order valence-electron chi connectivity index (χ0n) is 7.72. The molecular formula is C10H14ClNS. The Hall–Kier alpha value is -0.0500. The highest BCUT2D eigenvalue weighted by Gasteiger charge is 2.26. The van der Waals surface area contributed by atoms with E-state index in [2.05, 4.69) is 10.7 Å². The Bertz CT molecular complexity index is 280. The maximum Gasteiger partial charge on any atom is 0.0561 e. The van der Waals surface area contributed by atoms with Crippen LogP contribution < -0.4 is 5.32 Å². The smallest absolute Gasteiger partial charge is 0.0561 e. The van der Waals surface area contributed by atoms with Crippen molar-refractivity contribution in [2.75, 3.05) is 7.05 Å². The van der Waals surface area contributed by atoms with Crippen LogP contribution in [0.5, 0.6) is 0 Å². The summed E-state index contributed by atoms with van der Waals surface area (Å²) in [6, 6.07) is 2.46. The van der Waals surface area contributed by atoms with Crippen LogP contribution in [0.4, 0.5) is 0 Å². The molecule has 0 spiro atoms. The summed E-state index contributed by atoms with van der Waals surface area (Å²) in [4.78, 5) is 1.30. The van der Waals surface area contributed by atoms with Crippen molar-refractivity contribution in [2.24, 2.45) is 5.92 Å². The molecule has 2 rings (SSSR count). The minimum atomic E-state index is 0.472. The van der Waals surface area contributed by atoms with Gasteiger partial charge in [0.15, 0.2) is 0 Å². The Kier molecular flexibility index (Phi) is 2.92. The van der Waals surface area contributed by atoms with Gasteiger partial charge < -0.3 is 5.32 Å². The lowest BCUT2D eigenvalue weighted by molar-refractivity contribution is 0.522. The van der Waals surface area contributed by atoms with Gasteiger partial charge in [0.25, 0.3) is 0 Å². The molecule has 1 atom stereocenters. The molecule has 72 valence electrons. The predicted octanol–water partition coefficient (Wildman–Crippen LogP) is 3.46. The van der Waals surface area contributed by atoms with E-state index < -0.39 is 0 Å². The van der Waals surface area contributed by atoms with Crippen molar-refractivity contribution in [3.63, 3.8) is 0 Å². The first-order valence-corrected chi connectivity index (χ1v) is 5.97. The van der Waals surface area contributed by atoms with Crippen LogP contribution in [0.15, 0.2) is 11.4 Å². The third-order valence-electron chi connectivity index (χ3n) is 2.58. The van der Waals surface area contributed by atoms with E-state index in [9.17, 15) is 0 Å². The standard InChI is InChI=1S/C10H14ClNS/c1-12-9(6-7-2-3-7)10-8(11)4-5-13-10/h4-5,7,9,12H,2-3,6H2,1H3. The molecule has 1 heterocycles. The van der Waals surface area contributed by atoms with Crippen LogP contribution >= 0.6 is 22.9 Å². The zero-order chi connectivity index (χ0) is 9.26. The van der Waals surface area contributed by atoms with Crippen molar-refractivity contribution in [1.29, 1.82) is 0 Å². The normalized spacial score (nSPS) is 18.9. The summed E-state index contributed by atoms with van der Waals surface area (Å²) >= 11 is 7.85. The molecule has 1 aliphatic carbocycles. The molecule has 1 aromatic rings. The molecule has 0 aromatic carbocycles. The molecule has 1 saturated carbocycles. The fourth-order valence-electron chi connectivity index (χ4n) is 1.60. The van der Waals surface area contributed by atoms with Crippen molar-refractivity contribution < 1.29 is 0 Å². The minimum absolute atomic E-state index is 0.472. The number of rotatable bonds is 4. The highest BCUT2D eigenvalue weighted by Crippen LogP contribution is 2.40. The van der Waals surface area contributed by atoms with Crippen molar-refractivity contribution in [3.8, 4) is 0 Å². The SMILES string of the molecule is CNC(CC1CC1)c1sccc1Cl. The van der Waals surface area contributed by atoms with Crippen molar-refractivity contribution in [2.45, 2.75) is 25.3 Å². The summed E-state index contributed by atoms with van der Waals surface area (Å²) in [6.45, 7) is 0. The Morgan fingerprint density at radius 2 is 2.46 bits per heavy atom. The van der Waals surface area contributed by atoms with Crippen LogP contribution in [-0.2, 0) is 0 Å². The summed E-state index contributed by atoms with van der Waals surface area (Å²) < 4.78 is 0. The molecule has 0 amide bonds. The summed E-state index contributed by atoms with van der Waals surface area (Å²) in [5.41, 5.74) is 0. The molecule has 13 heavy (non-hydrogen) atoms. The van der Waals surface area contributed by atoms with E-state index in [4.69, 9.17) is 11.6 Å². The summed E-state index contributed by atoms with van der Waals surface area (Å²) in [7, 11) is 2.02. The maximum atomic E-state index is 6.09. The summed E-state index contributed by atoms with van der Waals surface area (Å²) in [5, 5.41) is 6.33. The van der Waals surface area contributed by atoms with Gasteiger partial charge in [0.2, 0.25) is 0 Å². The Labute approximate surface area is 88.1 Å². The van der Waals surface area contributed by atoms with Gasteiger partial charge in [-0.1, -0.05) is 24.4 Å². The number of halogens is 1.